The predicted molar refractivity (Wildman–Crippen MR) is 84.9 cm³/mol. The Morgan fingerprint density at radius 1 is 1.21 bits per heavy atom. The van der Waals surface area contributed by atoms with Gasteiger partial charge in [-0.1, -0.05) is 54.2 Å². The number of hydrogen-bond acceptors (Lipinski definition) is 3. The maximum absolute atomic E-state index is 5.97. The molecule has 1 aromatic rings. The SMILES string of the molecule is CCCCCC/C(N)=C/N(N)Cc1ccc(Br)cc1. The zero-order valence-corrected chi connectivity index (χ0v) is 13.2. The van der Waals surface area contributed by atoms with Gasteiger partial charge in [0.25, 0.3) is 0 Å². The van der Waals surface area contributed by atoms with Gasteiger partial charge in [0.1, 0.15) is 0 Å². The van der Waals surface area contributed by atoms with Gasteiger partial charge in [-0.25, -0.2) is 5.84 Å². The van der Waals surface area contributed by atoms with Crippen LogP contribution >= 0.6 is 15.9 Å². The first kappa shape index (κ1) is 16.1. The van der Waals surface area contributed by atoms with E-state index in [1.165, 1.54) is 24.8 Å². The Morgan fingerprint density at radius 2 is 1.89 bits per heavy atom. The third kappa shape index (κ3) is 7.23. The zero-order chi connectivity index (χ0) is 14.1. The van der Waals surface area contributed by atoms with Crippen molar-refractivity contribution in [1.29, 1.82) is 0 Å². The van der Waals surface area contributed by atoms with Gasteiger partial charge in [-0.2, -0.15) is 0 Å². The molecule has 0 aromatic heterocycles. The summed E-state index contributed by atoms with van der Waals surface area (Å²) in [6.07, 6.45) is 7.67. The van der Waals surface area contributed by atoms with Crippen molar-refractivity contribution in [2.24, 2.45) is 11.6 Å². The summed E-state index contributed by atoms with van der Waals surface area (Å²) in [5, 5.41) is 1.65. The summed E-state index contributed by atoms with van der Waals surface area (Å²) >= 11 is 3.42. The molecule has 4 heteroatoms. The molecule has 0 amide bonds. The lowest BCUT2D eigenvalue weighted by molar-refractivity contribution is 0.381. The van der Waals surface area contributed by atoms with Gasteiger partial charge in [-0.05, 0) is 30.5 Å². The van der Waals surface area contributed by atoms with Gasteiger partial charge in [0.15, 0.2) is 0 Å². The van der Waals surface area contributed by atoms with E-state index in [0.29, 0.717) is 6.54 Å². The molecule has 0 saturated carbocycles. The largest absolute Gasteiger partial charge is 0.401 e. The van der Waals surface area contributed by atoms with E-state index >= 15 is 0 Å². The lowest BCUT2D eigenvalue weighted by atomic mass is 10.1. The van der Waals surface area contributed by atoms with Crippen molar-refractivity contribution in [3.8, 4) is 0 Å². The van der Waals surface area contributed by atoms with Gasteiger partial charge < -0.3 is 10.7 Å². The highest BCUT2D eigenvalue weighted by atomic mass is 79.9. The minimum Gasteiger partial charge on any atom is -0.401 e. The molecule has 0 atom stereocenters. The monoisotopic (exact) mass is 325 g/mol. The molecule has 0 aliphatic heterocycles. The van der Waals surface area contributed by atoms with Crippen LogP contribution in [0.2, 0.25) is 0 Å². The first-order valence-corrected chi connectivity index (χ1v) is 7.63. The lowest BCUT2D eigenvalue weighted by Crippen LogP contribution is -2.25. The number of benzene rings is 1. The van der Waals surface area contributed by atoms with E-state index in [9.17, 15) is 0 Å². The van der Waals surface area contributed by atoms with E-state index in [0.717, 1.165) is 23.0 Å². The minimum atomic E-state index is 0.670. The molecule has 0 aliphatic rings. The molecule has 4 N–H and O–H groups in total. The average molecular weight is 326 g/mol. The quantitative estimate of drug-likeness (QED) is 0.433. The number of nitrogens with two attached hydrogens (primary N) is 2. The first-order valence-electron chi connectivity index (χ1n) is 6.83. The molecule has 0 spiro atoms. The molecular weight excluding hydrogens is 302 g/mol. The van der Waals surface area contributed by atoms with E-state index in [1.807, 2.05) is 18.3 Å². The average Bonchev–Trinajstić information content (AvgIpc) is 2.37. The topological polar surface area (TPSA) is 55.3 Å². The van der Waals surface area contributed by atoms with Gasteiger partial charge in [0.05, 0.1) is 6.54 Å². The number of allylic oxidation sites excluding steroid dienone is 1. The van der Waals surface area contributed by atoms with Crippen LogP contribution in [0.3, 0.4) is 0 Å². The van der Waals surface area contributed by atoms with Gasteiger partial charge in [0.2, 0.25) is 0 Å². The number of hydrazine groups is 1. The van der Waals surface area contributed by atoms with Crippen LogP contribution in [0.25, 0.3) is 0 Å². The molecule has 1 aromatic carbocycles. The van der Waals surface area contributed by atoms with Crippen LogP contribution in [0, 0.1) is 0 Å². The Balaban J connectivity index is 2.36. The molecular formula is C15H24BrN3. The second-order valence-electron chi connectivity index (χ2n) is 4.81. The third-order valence-electron chi connectivity index (χ3n) is 2.93. The van der Waals surface area contributed by atoms with E-state index in [4.69, 9.17) is 11.6 Å². The van der Waals surface area contributed by atoms with Gasteiger partial charge >= 0.3 is 0 Å². The highest BCUT2D eigenvalue weighted by Gasteiger charge is 1.99. The molecule has 106 valence electrons. The molecule has 19 heavy (non-hydrogen) atoms. The van der Waals surface area contributed by atoms with Crippen molar-refractivity contribution in [2.75, 3.05) is 0 Å². The smallest absolute Gasteiger partial charge is 0.0586 e. The Kier molecular flexibility index (Phi) is 7.60. The second kappa shape index (κ2) is 8.99. The highest BCUT2D eigenvalue weighted by Crippen LogP contribution is 2.12. The van der Waals surface area contributed by atoms with Crippen LogP contribution in [0.1, 0.15) is 44.6 Å². The zero-order valence-electron chi connectivity index (χ0n) is 11.6. The number of unbranched alkanes of at least 4 members (excludes halogenated alkanes) is 3. The fourth-order valence-electron chi connectivity index (χ4n) is 1.88. The van der Waals surface area contributed by atoms with Crippen LogP contribution in [-0.4, -0.2) is 5.01 Å². The van der Waals surface area contributed by atoms with Crippen molar-refractivity contribution in [3.63, 3.8) is 0 Å². The number of rotatable bonds is 8. The normalized spacial score (nSPS) is 11.6. The van der Waals surface area contributed by atoms with Crippen LogP contribution in [0.4, 0.5) is 0 Å². The Morgan fingerprint density at radius 3 is 2.53 bits per heavy atom. The van der Waals surface area contributed by atoms with Gasteiger partial charge in [0, 0.05) is 16.4 Å². The molecule has 0 radical (unpaired) electrons. The van der Waals surface area contributed by atoms with Crippen LogP contribution in [0.15, 0.2) is 40.6 Å². The summed E-state index contributed by atoms with van der Waals surface area (Å²) in [7, 11) is 0. The highest BCUT2D eigenvalue weighted by molar-refractivity contribution is 9.10. The van der Waals surface area contributed by atoms with E-state index in [-0.39, 0.29) is 0 Å². The van der Waals surface area contributed by atoms with Crippen molar-refractivity contribution >= 4 is 15.9 Å². The van der Waals surface area contributed by atoms with E-state index in [1.54, 1.807) is 5.01 Å². The predicted octanol–water partition coefficient (Wildman–Crippen LogP) is 3.90. The third-order valence-corrected chi connectivity index (χ3v) is 3.46. The maximum atomic E-state index is 5.97. The molecule has 3 nitrogen and oxygen atoms in total. The summed E-state index contributed by atoms with van der Waals surface area (Å²) < 4.78 is 1.07. The number of nitrogens with zero attached hydrogens (tertiary/aromatic N) is 1. The van der Waals surface area contributed by atoms with Gasteiger partial charge in [-0.15, -0.1) is 0 Å². The standard InChI is InChI=1S/C15H24BrN3/c1-2-3-4-5-6-15(17)12-19(18)11-13-7-9-14(16)10-8-13/h7-10,12H,2-6,11,17-18H2,1H3/b15-12-. The minimum absolute atomic E-state index is 0.670. The number of hydrogen-bond donors (Lipinski definition) is 2. The van der Waals surface area contributed by atoms with Crippen LogP contribution < -0.4 is 11.6 Å². The molecule has 0 aliphatic carbocycles. The Labute approximate surface area is 124 Å². The molecule has 0 bridgehead atoms. The second-order valence-corrected chi connectivity index (χ2v) is 5.73. The molecule has 1 rings (SSSR count). The molecule has 0 unspecified atom stereocenters. The fourth-order valence-corrected chi connectivity index (χ4v) is 2.14. The Bertz CT molecular complexity index is 387. The van der Waals surface area contributed by atoms with Crippen LogP contribution in [0.5, 0.6) is 0 Å². The fraction of sp³-hybridized carbons (Fsp3) is 0.467. The summed E-state index contributed by atoms with van der Waals surface area (Å²) in [6, 6.07) is 8.13. The van der Waals surface area contributed by atoms with Crippen LogP contribution in [-0.2, 0) is 6.54 Å². The summed E-state index contributed by atoms with van der Waals surface area (Å²) in [5.74, 6) is 5.94. The van der Waals surface area contributed by atoms with E-state index in [2.05, 4.69) is 35.0 Å². The first-order chi connectivity index (χ1) is 9.11. The van der Waals surface area contributed by atoms with Crippen molar-refractivity contribution in [1.82, 2.24) is 5.01 Å². The van der Waals surface area contributed by atoms with Crippen molar-refractivity contribution in [3.05, 3.63) is 46.2 Å². The molecule has 0 saturated heterocycles. The summed E-state index contributed by atoms with van der Waals surface area (Å²) in [6.45, 7) is 2.88. The summed E-state index contributed by atoms with van der Waals surface area (Å²) in [5.41, 5.74) is 7.99. The van der Waals surface area contributed by atoms with E-state index < -0.39 is 0 Å². The van der Waals surface area contributed by atoms with Crippen molar-refractivity contribution in [2.45, 2.75) is 45.6 Å². The van der Waals surface area contributed by atoms with Crippen molar-refractivity contribution < 1.29 is 0 Å². The Hall–Kier alpha value is -1.00. The molecule has 0 fully saturated rings. The molecule has 0 heterocycles. The lowest BCUT2D eigenvalue weighted by Gasteiger charge is -2.15. The summed E-state index contributed by atoms with van der Waals surface area (Å²) in [4.78, 5) is 0. The van der Waals surface area contributed by atoms with Gasteiger partial charge in [-0.3, -0.25) is 0 Å². The maximum Gasteiger partial charge on any atom is 0.0586 e. The number of halogens is 1.